The summed E-state index contributed by atoms with van der Waals surface area (Å²) in [5.41, 5.74) is 1.62. The molecule has 0 bridgehead atoms. The summed E-state index contributed by atoms with van der Waals surface area (Å²) in [6, 6.07) is 6.04. The minimum atomic E-state index is -0.641. The van der Waals surface area contributed by atoms with Gasteiger partial charge >= 0.3 is 12.0 Å². The Hall–Kier alpha value is -3.95. The molecule has 180 valence electrons. The monoisotopic (exact) mass is 469 g/mol. The number of nitrogens with zero attached hydrogens (tertiary/aromatic N) is 2. The number of methoxy groups -OCH3 is 3. The lowest BCUT2D eigenvalue weighted by Crippen LogP contribution is -2.30. The van der Waals surface area contributed by atoms with Crippen LogP contribution in [0.2, 0.25) is 0 Å². The van der Waals surface area contributed by atoms with Crippen LogP contribution in [0.5, 0.6) is 11.5 Å². The Morgan fingerprint density at radius 3 is 2.47 bits per heavy atom. The van der Waals surface area contributed by atoms with Gasteiger partial charge in [-0.15, -0.1) is 0 Å². The smallest absolute Gasteiger partial charge is 0.373 e. The van der Waals surface area contributed by atoms with Crippen LogP contribution in [-0.2, 0) is 16.1 Å². The van der Waals surface area contributed by atoms with E-state index in [2.05, 4.69) is 15.0 Å². The molecule has 2 saturated heterocycles. The zero-order valence-corrected chi connectivity index (χ0v) is 19.4. The van der Waals surface area contributed by atoms with E-state index in [1.165, 1.54) is 25.7 Å². The van der Waals surface area contributed by atoms with Crippen LogP contribution < -0.4 is 19.7 Å². The molecule has 2 fully saturated rings. The molecule has 10 nitrogen and oxygen atoms in total. The summed E-state index contributed by atoms with van der Waals surface area (Å²) in [6.07, 6.45) is 5.00. The number of urea groups is 1. The quantitative estimate of drug-likeness (QED) is 0.374. The Balaban J connectivity index is 1.58. The Morgan fingerprint density at radius 1 is 1.06 bits per heavy atom. The number of imide groups is 1. The number of anilines is 1. The lowest BCUT2D eigenvalue weighted by atomic mass is 10.1. The van der Waals surface area contributed by atoms with Crippen LogP contribution in [0.25, 0.3) is 6.08 Å². The van der Waals surface area contributed by atoms with E-state index in [9.17, 15) is 14.4 Å². The number of rotatable bonds is 7. The number of hydrogen-bond acceptors (Lipinski definition) is 8. The highest BCUT2D eigenvalue weighted by Gasteiger charge is 2.35. The lowest BCUT2D eigenvalue weighted by molar-refractivity contribution is -0.123. The second-order valence-corrected chi connectivity index (χ2v) is 7.95. The van der Waals surface area contributed by atoms with E-state index in [4.69, 9.17) is 13.9 Å². The van der Waals surface area contributed by atoms with Crippen molar-refractivity contribution in [3.8, 4) is 11.5 Å². The van der Waals surface area contributed by atoms with Crippen molar-refractivity contribution in [1.29, 1.82) is 0 Å². The molecule has 0 saturated carbocycles. The number of furan rings is 1. The van der Waals surface area contributed by atoms with E-state index in [1.54, 1.807) is 26.4 Å². The zero-order chi connectivity index (χ0) is 24.2. The molecular weight excluding hydrogens is 442 g/mol. The van der Waals surface area contributed by atoms with E-state index in [1.807, 2.05) is 6.07 Å². The molecule has 4 rings (SSSR count). The van der Waals surface area contributed by atoms with Crippen molar-refractivity contribution < 1.29 is 33.0 Å². The first-order valence-electron chi connectivity index (χ1n) is 11.0. The fourth-order valence-electron chi connectivity index (χ4n) is 4.10. The average Bonchev–Trinajstić information content (AvgIpc) is 3.44. The number of ether oxygens (including phenoxy) is 3. The van der Waals surface area contributed by atoms with Crippen LogP contribution in [-0.4, -0.2) is 57.2 Å². The molecule has 2 aliphatic heterocycles. The summed E-state index contributed by atoms with van der Waals surface area (Å²) in [5.74, 6) is 0.318. The van der Waals surface area contributed by atoms with E-state index in [-0.39, 0.29) is 23.8 Å². The van der Waals surface area contributed by atoms with Gasteiger partial charge in [0.15, 0.2) is 0 Å². The number of carbonyl (C=O) groups is 3. The number of carbonyl (C=O) groups excluding carboxylic acids is 3. The van der Waals surface area contributed by atoms with Crippen molar-refractivity contribution in [2.75, 3.05) is 39.3 Å². The number of nitrogens with one attached hydrogen (secondary N) is 1. The summed E-state index contributed by atoms with van der Waals surface area (Å²) < 4.78 is 21.2. The topological polar surface area (TPSA) is 111 Å². The number of hydrogen-bond donors (Lipinski definition) is 1. The number of amides is 3. The number of benzene rings is 1. The van der Waals surface area contributed by atoms with Gasteiger partial charge in [-0.3, -0.25) is 9.69 Å². The van der Waals surface area contributed by atoms with Crippen molar-refractivity contribution in [2.45, 2.75) is 25.8 Å². The number of piperidine rings is 1. The van der Waals surface area contributed by atoms with Crippen molar-refractivity contribution in [1.82, 2.24) is 10.2 Å². The molecule has 1 aromatic heterocycles. The second-order valence-electron chi connectivity index (χ2n) is 7.95. The maximum absolute atomic E-state index is 13.0. The molecule has 3 amide bonds. The molecule has 0 unspecified atom stereocenters. The third-order valence-electron chi connectivity index (χ3n) is 5.85. The molecule has 2 aromatic rings. The van der Waals surface area contributed by atoms with Crippen LogP contribution in [0.15, 0.2) is 34.4 Å². The minimum Gasteiger partial charge on any atom is -0.496 e. The van der Waals surface area contributed by atoms with Gasteiger partial charge in [0.05, 0.1) is 33.6 Å². The van der Waals surface area contributed by atoms with E-state index < -0.39 is 17.9 Å². The summed E-state index contributed by atoms with van der Waals surface area (Å²) in [7, 11) is 4.39. The molecular formula is C24H27N3O7. The highest BCUT2D eigenvalue weighted by Crippen LogP contribution is 2.38. The Bertz CT molecular complexity index is 1130. The van der Waals surface area contributed by atoms with Gasteiger partial charge in [0.1, 0.15) is 23.0 Å². The third kappa shape index (κ3) is 4.57. The predicted octanol–water partition coefficient (Wildman–Crippen LogP) is 3.17. The summed E-state index contributed by atoms with van der Waals surface area (Å²) >= 11 is 0. The van der Waals surface area contributed by atoms with Gasteiger partial charge in [0.2, 0.25) is 5.76 Å². The highest BCUT2D eigenvalue weighted by atomic mass is 16.5. The molecule has 0 spiro atoms. The van der Waals surface area contributed by atoms with Crippen LogP contribution in [0, 0.1) is 0 Å². The summed E-state index contributed by atoms with van der Waals surface area (Å²) in [6.45, 7) is 1.75. The second kappa shape index (κ2) is 9.90. The van der Waals surface area contributed by atoms with Crippen LogP contribution >= 0.6 is 0 Å². The van der Waals surface area contributed by atoms with Gasteiger partial charge in [-0.2, -0.15) is 0 Å². The molecule has 10 heteroatoms. The van der Waals surface area contributed by atoms with Gasteiger partial charge in [-0.25, -0.2) is 9.59 Å². The normalized spacial score (nSPS) is 17.2. The maximum Gasteiger partial charge on any atom is 0.373 e. The summed E-state index contributed by atoms with van der Waals surface area (Å²) in [5, 5.41) is 2.59. The first-order chi connectivity index (χ1) is 16.4. The van der Waals surface area contributed by atoms with Crippen LogP contribution in [0.3, 0.4) is 0 Å². The molecule has 1 aromatic carbocycles. The van der Waals surface area contributed by atoms with Gasteiger partial charge in [-0.1, -0.05) is 0 Å². The number of esters is 1. The maximum atomic E-state index is 13.0. The van der Waals surface area contributed by atoms with E-state index >= 15 is 0 Å². The van der Waals surface area contributed by atoms with Gasteiger partial charge in [0.25, 0.3) is 5.91 Å². The predicted molar refractivity (Wildman–Crippen MR) is 123 cm³/mol. The van der Waals surface area contributed by atoms with Crippen LogP contribution in [0.4, 0.5) is 10.5 Å². The Morgan fingerprint density at radius 2 is 1.79 bits per heavy atom. The first kappa shape index (κ1) is 23.2. The van der Waals surface area contributed by atoms with Crippen molar-refractivity contribution in [3.05, 3.63) is 47.0 Å². The molecule has 1 N–H and O–H groups in total. The molecule has 0 radical (unpaired) electrons. The molecule has 0 atom stereocenters. The molecule has 2 aliphatic rings. The summed E-state index contributed by atoms with van der Waals surface area (Å²) in [4.78, 5) is 40.3. The zero-order valence-electron chi connectivity index (χ0n) is 19.4. The highest BCUT2D eigenvalue weighted by molar-refractivity contribution is 6.14. The fourth-order valence-corrected chi connectivity index (χ4v) is 4.10. The third-order valence-corrected chi connectivity index (χ3v) is 5.85. The van der Waals surface area contributed by atoms with E-state index in [0.717, 1.165) is 36.5 Å². The first-order valence-corrected chi connectivity index (χ1v) is 11.0. The molecule has 34 heavy (non-hydrogen) atoms. The van der Waals surface area contributed by atoms with Crippen molar-refractivity contribution in [2.24, 2.45) is 0 Å². The Labute approximate surface area is 197 Å². The van der Waals surface area contributed by atoms with E-state index in [0.29, 0.717) is 17.1 Å². The standard InChI is InChI=1S/C24H27N3O7/c1-31-20-13-18(26-9-5-4-6-10-26)21(32-2)12-15(20)11-17-22(28)27(24(30)25-17)14-16-7-8-19(34-16)23(29)33-3/h7-8,11-13H,4-6,9-10,14H2,1-3H3,(H,25,30). The molecule has 3 heterocycles. The SMILES string of the molecule is COC(=O)c1ccc(CN2C(=O)NC(=Cc3cc(OC)c(N4CCCCC4)cc3OC)C2=O)o1. The van der Waals surface area contributed by atoms with Crippen molar-refractivity contribution >= 4 is 29.7 Å². The largest absolute Gasteiger partial charge is 0.496 e. The fraction of sp³-hybridized carbons (Fsp3) is 0.375. The van der Waals surface area contributed by atoms with Gasteiger partial charge < -0.3 is 28.8 Å². The molecule has 0 aliphatic carbocycles. The van der Waals surface area contributed by atoms with Crippen LogP contribution in [0.1, 0.15) is 41.1 Å². The van der Waals surface area contributed by atoms with Gasteiger partial charge in [0, 0.05) is 24.7 Å². The Kier molecular flexibility index (Phi) is 6.76. The average molecular weight is 469 g/mol. The lowest BCUT2D eigenvalue weighted by Gasteiger charge is -2.30. The van der Waals surface area contributed by atoms with Crippen molar-refractivity contribution in [3.63, 3.8) is 0 Å². The van der Waals surface area contributed by atoms with Gasteiger partial charge in [-0.05, 0) is 43.5 Å². The minimum absolute atomic E-state index is 0.00838.